The quantitative estimate of drug-likeness (QED) is 0.363. The molecule has 5 heterocycles. The Bertz CT molecular complexity index is 1530. The molecule has 0 amide bonds. The molecular weight excluding hydrogens is 434 g/mol. The third-order valence-corrected chi connectivity index (χ3v) is 7.32. The molecule has 0 unspecified atom stereocenters. The summed E-state index contributed by atoms with van der Waals surface area (Å²) in [6, 6.07) is 14.0. The van der Waals surface area contributed by atoms with Gasteiger partial charge in [0.1, 0.15) is 15.2 Å². The minimum Gasteiger partial charge on any atom is -0.463 e. The van der Waals surface area contributed by atoms with Gasteiger partial charge in [0.05, 0.1) is 30.3 Å². The molecule has 0 radical (unpaired) electrons. The lowest BCUT2D eigenvalue weighted by molar-refractivity contribution is -0.0395. The van der Waals surface area contributed by atoms with Crippen molar-refractivity contribution in [3.63, 3.8) is 0 Å². The van der Waals surface area contributed by atoms with Crippen LogP contribution in [0.2, 0.25) is 0 Å². The van der Waals surface area contributed by atoms with Gasteiger partial charge in [0.2, 0.25) is 0 Å². The molecule has 0 aliphatic carbocycles. The van der Waals surface area contributed by atoms with E-state index in [9.17, 15) is 4.79 Å². The number of aryl methyl sites for hydroxylation is 2. The van der Waals surface area contributed by atoms with E-state index in [1.807, 2.05) is 30.3 Å². The first-order valence-corrected chi connectivity index (χ1v) is 11.9. The Morgan fingerprint density at radius 1 is 1.12 bits per heavy atom. The maximum Gasteiger partial charge on any atom is 0.271 e. The number of rotatable bonds is 4. The molecule has 0 N–H and O–H groups in total. The Kier molecular flexibility index (Phi) is 4.71. The van der Waals surface area contributed by atoms with Crippen molar-refractivity contribution in [2.45, 2.75) is 45.4 Å². The lowest BCUT2D eigenvalue weighted by atomic mass is 9.89. The average molecular weight is 458 g/mol. The SMILES string of the molecule is CC1(C)Cc2c(c(-c3ccco3)nc3sc4c(=O)n(CCc5ccccc5)cnc4c23)CO1. The zero-order valence-corrected chi connectivity index (χ0v) is 19.3. The Morgan fingerprint density at radius 2 is 1.97 bits per heavy atom. The molecule has 5 aromatic rings. The molecule has 4 aromatic heterocycles. The van der Waals surface area contributed by atoms with Crippen molar-refractivity contribution in [3.8, 4) is 11.5 Å². The van der Waals surface area contributed by atoms with Gasteiger partial charge in [-0.3, -0.25) is 9.36 Å². The zero-order valence-electron chi connectivity index (χ0n) is 18.5. The Labute approximate surface area is 194 Å². The highest BCUT2D eigenvalue weighted by molar-refractivity contribution is 7.25. The van der Waals surface area contributed by atoms with Crippen LogP contribution in [-0.4, -0.2) is 20.1 Å². The molecule has 0 spiro atoms. The van der Waals surface area contributed by atoms with E-state index in [-0.39, 0.29) is 11.2 Å². The number of hydrogen-bond donors (Lipinski definition) is 0. The average Bonchev–Trinajstić information content (AvgIpc) is 3.47. The second-order valence-electron chi connectivity index (χ2n) is 9.06. The number of benzene rings is 1. The fourth-order valence-corrected chi connectivity index (χ4v) is 5.68. The van der Waals surface area contributed by atoms with Crippen LogP contribution in [0.1, 0.15) is 30.5 Å². The van der Waals surface area contributed by atoms with Gasteiger partial charge in [-0.25, -0.2) is 9.97 Å². The van der Waals surface area contributed by atoms with E-state index in [4.69, 9.17) is 19.1 Å². The van der Waals surface area contributed by atoms with Crippen LogP contribution in [0.5, 0.6) is 0 Å². The third kappa shape index (κ3) is 3.48. The summed E-state index contributed by atoms with van der Waals surface area (Å²) in [6.45, 7) is 5.22. The monoisotopic (exact) mass is 457 g/mol. The molecular formula is C26H23N3O3S. The van der Waals surface area contributed by atoms with E-state index in [0.717, 1.165) is 45.4 Å². The lowest BCUT2D eigenvalue weighted by Crippen LogP contribution is -2.32. The standard InChI is InChI=1S/C26H23N3O3S/c1-26(2)13-17-18(14-32-26)21(19-9-6-12-31-19)28-24-20(17)22-23(33-24)25(30)29(15-27-22)11-10-16-7-4-3-5-8-16/h3-9,12,15H,10-11,13-14H2,1-2H3. The predicted molar refractivity (Wildman–Crippen MR) is 130 cm³/mol. The van der Waals surface area contributed by atoms with Gasteiger partial charge in [-0.1, -0.05) is 30.3 Å². The molecule has 6 rings (SSSR count). The van der Waals surface area contributed by atoms with Crippen LogP contribution in [0.15, 0.2) is 64.3 Å². The minimum absolute atomic E-state index is 0.0152. The summed E-state index contributed by atoms with van der Waals surface area (Å²) in [5, 5.41) is 0.976. The molecule has 1 aliphatic heterocycles. The van der Waals surface area contributed by atoms with Crippen molar-refractivity contribution in [2.24, 2.45) is 0 Å². The molecule has 33 heavy (non-hydrogen) atoms. The van der Waals surface area contributed by atoms with Crippen LogP contribution in [0.4, 0.5) is 0 Å². The van der Waals surface area contributed by atoms with Gasteiger partial charge in [-0.15, -0.1) is 11.3 Å². The van der Waals surface area contributed by atoms with Crippen LogP contribution >= 0.6 is 11.3 Å². The molecule has 0 atom stereocenters. The van der Waals surface area contributed by atoms with Crippen LogP contribution in [0.3, 0.4) is 0 Å². The maximum absolute atomic E-state index is 13.4. The summed E-state index contributed by atoms with van der Waals surface area (Å²) in [7, 11) is 0. The van der Waals surface area contributed by atoms with E-state index in [1.165, 1.54) is 16.9 Å². The second-order valence-corrected chi connectivity index (χ2v) is 10.1. The molecule has 166 valence electrons. The predicted octanol–water partition coefficient (Wildman–Crippen LogP) is 5.36. The van der Waals surface area contributed by atoms with Gasteiger partial charge < -0.3 is 9.15 Å². The van der Waals surface area contributed by atoms with Gasteiger partial charge in [0.25, 0.3) is 5.56 Å². The van der Waals surface area contributed by atoms with Gasteiger partial charge in [-0.05, 0) is 43.5 Å². The molecule has 0 saturated heterocycles. The van der Waals surface area contributed by atoms with Crippen molar-refractivity contribution in [2.75, 3.05) is 0 Å². The van der Waals surface area contributed by atoms with Gasteiger partial charge in [0, 0.05) is 23.9 Å². The molecule has 0 fully saturated rings. The summed E-state index contributed by atoms with van der Waals surface area (Å²) in [5.41, 5.74) is 4.58. The van der Waals surface area contributed by atoms with Crippen LogP contribution in [0, 0.1) is 0 Å². The van der Waals surface area contributed by atoms with Gasteiger partial charge in [0.15, 0.2) is 5.76 Å². The van der Waals surface area contributed by atoms with Gasteiger partial charge in [-0.2, -0.15) is 0 Å². The Balaban J connectivity index is 1.53. The summed E-state index contributed by atoms with van der Waals surface area (Å²) < 4.78 is 14.2. The first-order chi connectivity index (χ1) is 16.0. The number of hydrogen-bond acceptors (Lipinski definition) is 6. The number of nitrogens with zero attached hydrogens (tertiary/aromatic N) is 3. The minimum atomic E-state index is -0.305. The van der Waals surface area contributed by atoms with E-state index in [2.05, 4.69) is 26.0 Å². The van der Waals surface area contributed by atoms with Gasteiger partial charge >= 0.3 is 0 Å². The summed E-state index contributed by atoms with van der Waals surface area (Å²) >= 11 is 1.42. The van der Waals surface area contributed by atoms with Crippen LogP contribution in [0.25, 0.3) is 31.9 Å². The second kappa shape index (κ2) is 7.64. The Morgan fingerprint density at radius 3 is 2.76 bits per heavy atom. The fourth-order valence-electron chi connectivity index (χ4n) is 4.57. The number of fused-ring (bicyclic) bond motifs is 5. The number of thiophene rings is 1. The number of pyridine rings is 1. The summed E-state index contributed by atoms with van der Waals surface area (Å²) in [6.07, 6.45) is 4.83. The molecule has 6 nitrogen and oxygen atoms in total. The lowest BCUT2D eigenvalue weighted by Gasteiger charge is -2.32. The highest BCUT2D eigenvalue weighted by Crippen LogP contribution is 2.42. The molecule has 0 bridgehead atoms. The van der Waals surface area contributed by atoms with Crippen molar-refractivity contribution < 1.29 is 9.15 Å². The van der Waals surface area contributed by atoms with Crippen molar-refractivity contribution in [1.82, 2.24) is 14.5 Å². The Hall–Kier alpha value is -3.29. The smallest absolute Gasteiger partial charge is 0.271 e. The topological polar surface area (TPSA) is 70.2 Å². The van der Waals surface area contributed by atoms with Crippen LogP contribution < -0.4 is 5.56 Å². The van der Waals surface area contributed by atoms with E-state index in [0.29, 0.717) is 23.6 Å². The largest absolute Gasteiger partial charge is 0.463 e. The first kappa shape index (κ1) is 20.3. The zero-order chi connectivity index (χ0) is 22.6. The molecule has 1 aliphatic rings. The number of ether oxygens (including phenoxy) is 1. The van der Waals surface area contributed by atoms with E-state index < -0.39 is 0 Å². The summed E-state index contributed by atoms with van der Waals surface area (Å²) in [4.78, 5) is 23.9. The van der Waals surface area contributed by atoms with Crippen molar-refractivity contribution in [3.05, 3.63) is 82.1 Å². The number of furan rings is 1. The maximum atomic E-state index is 13.4. The van der Waals surface area contributed by atoms with Crippen molar-refractivity contribution in [1.29, 1.82) is 0 Å². The van der Waals surface area contributed by atoms with E-state index >= 15 is 0 Å². The first-order valence-electron chi connectivity index (χ1n) is 11.1. The number of aromatic nitrogens is 3. The molecule has 1 aromatic carbocycles. The highest BCUT2D eigenvalue weighted by atomic mass is 32.1. The third-order valence-electron chi connectivity index (χ3n) is 6.26. The highest BCUT2D eigenvalue weighted by Gasteiger charge is 2.32. The normalized spacial score (nSPS) is 15.2. The molecule has 7 heteroatoms. The van der Waals surface area contributed by atoms with Crippen molar-refractivity contribution >= 4 is 31.8 Å². The fraction of sp³-hybridized carbons (Fsp3) is 0.269. The van der Waals surface area contributed by atoms with Crippen LogP contribution in [-0.2, 0) is 30.7 Å². The van der Waals surface area contributed by atoms with E-state index in [1.54, 1.807) is 17.2 Å². The summed E-state index contributed by atoms with van der Waals surface area (Å²) in [5.74, 6) is 0.710. The molecule has 0 saturated carbocycles.